The number of nitrogens with zero attached hydrogens (tertiary/aromatic N) is 3. The van der Waals surface area contributed by atoms with Gasteiger partial charge in [0.15, 0.2) is 5.95 Å². The van der Waals surface area contributed by atoms with Gasteiger partial charge in [-0.3, -0.25) is 5.32 Å². The quantitative estimate of drug-likeness (QED) is 0.769. The van der Waals surface area contributed by atoms with Crippen LogP contribution >= 0.6 is 0 Å². The highest BCUT2D eigenvalue weighted by Gasteiger charge is 2.16. The zero-order valence-electron chi connectivity index (χ0n) is 11.5. The second kappa shape index (κ2) is 5.16. The first-order chi connectivity index (χ1) is 9.33. The van der Waals surface area contributed by atoms with Crippen molar-refractivity contribution in [2.75, 3.05) is 11.1 Å². The number of carbonyl (C=O) groups is 1. The fourth-order valence-electron chi connectivity index (χ4n) is 1.41. The molecule has 4 N–H and O–H groups in total. The number of rotatable bonds is 2. The zero-order chi connectivity index (χ0) is 14.8. The number of aromatic amines is 1. The molecule has 0 saturated carbocycles. The molecule has 0 saturated heterocycles. The van der Waals surface area contributed by atoms with Crippen molar-refractivity contribution in [3.63, 3.8) is 0 Å². The summed E-state index contributed by atoms with van der Waals surface area (Å²) in [5.74, 6) is 0.478. The molecular formula is C12H16N6O2. The van der Waals surface area contributed by atoms with Crippen LogP contribution in [-0.4, -0.2) is 31.6 Å². The summed E-state index contributed by atoms with van der Waals surface area (Å²) in [5, 5.41) is 2.45. The second-order valence-corrected chi connectivity index (χ2v) is 5.10. The van der Waals surface area contributed by atoms with Crippen LogP contribution in [0.25, 0.3) is 11.3 Å². The van der Waals surface area contributed by atoms with Gasteiger partial charge in [0.1, 0.15) is 5.60 Å². The first-order valence-corrected chi connectivity index (χ1v) is 5.96. The van der Waals surface area contributed by atoms with Gasteiger partial charge in [-0.25, -0.2) is 19.7 Å². The van der Waals surface area contributed by atoms with Crippen LogP contribution in [0.5, 0.6) is 0 Å². The topological polar surface area (TPSA) is 119 Å². The minimum Gasteiger partial charge on any atom is -0.444 e. The van der Waals surface area contributed by atoms with E-state index in [4.69, 9.17) is 10.5 Å². The second-order valence-electron chi connectivity index (χ2n) is 5.10. The SMILES string of the molecule is CC(C)(C)OC(=O)Nc1ncc(-c2cnc(N)[nH]2)cn1. The van der Waals surface area contributed by atoms with Crippen molar-refractivity contribution in [1.29, 1.82) is 0 Å². The van der Waals surface area contributed by atoms with Gasteiger partial charge < -0.3 is 15.5 Å². The standard InChI is InChI=1S/C12H16N6O2/c1-12(2,3)20-11(19)18-10-15-4-7(5-16-10)8-6-14-9(13)17-8/h4-6H,1-3H3,(H3,13,14,17)(H,15,16,18,19). The van der Waals surface area contributed by atoms with E-state index in [0.29, 0.717) is 17.2 Å². The Morgan fingerprint density at radius 1 is 1.25 bits per heavy atom. The third-order valence-electron chi connectivity index (χ3n) is 2.17. The largest absolute Gasteiger partial charge is 0.444 e. The van der Waals surface area contributed by atoms with E-state index in [1.54, 1.807) is 39.4 Å². The van der Waals surface area contributed by atoms with Gasteiger partial charge in [0.2, 0.25) is 5.95 Å². The Balaban J connectivity index is 2.03. The highest BCUT2D eigenvalue weighted by atomic mass is 16.6. The highest BCUT2D eigenvalue weighted by molar-refractivity contribution is 5.82. The van der Waals surface area contributed by atoms with Crippen LogP contribution in [0.1, 0.15) is 20.8 Å². The van der Waals surface area contributed by atoms with E-state index in [1.165, 1.54) is 0 Å². The third-order valence-corrected chi connectivity index (χ3v) is 2.17. The van der Waals surface area contributed by atoms with E-state index < -0.39 is 11.7 Å². The Hall–Kier alpha value is -2.64. The number of amides is 1. The average molecular weight is 276 g/mol. The minimum absolute atomic E-state index is 0.162. The maximum Gasteiger partial charge on any atom is 0.414 e. The fraction of sp³-hybridized carbons (Fsp3) is 0.333. The van der Waals surface area contributed by atoms with Crippen LogP contribution in [0.4, 0.5) is 16.7 Å². The highest BCUT2D eigenvalue weighted by Crippen LogP contribution is 2.16. The molecule has 0 unspecified atom stereocenters. The number of anilines is 2. The predicted octanol–water partition coefficient (Wildman–Crippen LogP) is 1.80. The summed E-state index contributed by atoms with van der Waals surface area (Å²) in [6, 6.07) is 0. The van der Waals surface area contributed by atoms with E-state index in [2.05, 4.69) is 25.3 Å². The van der Waals surface area contributed by atoms with Gasteiger partial charge in [0.05, 0.1) is 11.9 Å². The number of carbonyl (C=O) groups excluding carboxylic acids is 1. The molecule has 0 aliphatic carbocycles. The van der Waals surface area contributed by atoms with Crippen molar-refractivity contribution >= 4 is 18.0 Å². The normalized spacial score (nSPS) is 11.2. The van der Waals surface area contributed by atoms with Crippen molar-refractivity contribution in [1.82, 2.24) is 19.9 Å². The molecule has 0 aliphatic heterocycles. The third kappa shape index (κ3) is 3.67. The number of hydrogen-bond acceptors (Lipinski definition) is 6. The van der Waals surface area contributed by atoms with E-state index in [0.717, 1.165) is 0 Å². The van der Waals surface area contributed by atoms with Crippen LogP contribution < -0.4 is 11.1 Å². The van der Waals surface area contributed by atoms with Crippen LogP contribution in [0, 0.1) is 0 Å². The van der Waals surface area contributed by atoms with Crippen LogP contribution in [-0.2, 0) is 4.74 Å². The summed E-state index contributed by atoms with van der Waals surface area (Å²) < 4.78 is 5.10. The molecule has 2 aromatic heterocycles. The van der Waals surface area contributed by atoms with Gasteiger partial charge in [-0.05, 0) is 20.8 Å². The number of nitrogens with two attached hydrogens (primary N) is 1. The molecule has 2 aromatic rings. The molecule has 0 aromatic carbocycles. The Kier molecular flexibility index (Phi) is 3.55. The summed E-state index contributed by atoms with van der Waals surface area (Å²) in [6.07, 6.45) is 4.07. The van der Waals surface area contributed by atoms with E-state index in [-0.39, 0.29) is 5.95 Å². The van der Waals surface area contributed by atoms with Crippen molar-refractivity contribution in [2.45, 2.75) is 26.4 Å². The van der Waals surface area contributed by atoms with Gasteiger partial charge >= 0.3 is 6.09 Å². The summed E-state index contributed by atoms with van der Waals surface area (Å²) >= 11 is 0. The summed E-state index contributed by atoms with van der Waals surface area (Å²) in [5.41, 5.74) is 6.33. The molecule has 2 heterocycles. The zero-order valence-corrected chi connectivity index (χ0v) is 11.5. The van der Waals surface area contributed by atoms with Gasteiger partial charge in [-0.1, -0.05) is 0 Å². The maximum absolute atomic E-state index is 11.5. The number of imidazole rings is 1. The molecule has 1 amide bonds. The maximum atomic E-state index is 11.5. The summed E-state index contributed by atoms with van der Waals surface area (Å²) in [6.45, 7) is 5.33. The minimum atomic E-state index is -0.601. The summed E-state index contributed by atoms with van der Waals surface area (Å²) in [7, 11) is 0. The lowest BCUT2D eigenvalue weighted by atomic mass is 10.2. The number of nitrogen functional groups attached to an aromatic ring is 1. The number of nitrogens with one attached hydrogen (secondary N) is 2. The molecule has 20 heavy (non-hydrogen) atoms. The number of hydrogen-bond donors (Lipinski definition) is 3. The Labute approximate surface area is 115 Å². The predicted molar refractivity (Wildman–Crippen MR) is 73.9 cm³/mol. The molecule has 0 spiro atoms. The first kappa shape index (κ1) is 13.8. The molecule has 0 bridgehead atoms. The van der Waals surface area contributed by atoms with Gasteiger partial charge in [-0.2, -0.15) is 0 Å². The molecule has 106 valence electrons. The Morgan fingerprint density at radius 2 is 1.90 bits per heavy atom. The van der Waals surface area contributed by atoms with Gasteiger partial charge in [-0.15, -0.1) is 0 Å². The monoisotopic (exact) mass is 276 g/mol. The summed E-state index contributed by atoms with van der Waals surface area (Å²) in [4.78, 5) is 26.3. The number of ether oxygens (including phenoxy) is 1. The molecule has 0 aliphatic rings. The van der Waals surface area contributed by atoms with Gasteiger partial charge in [0, 0.05) is 18.0 Å². The molecule has 0 radical (unpaired) electrons. The molecule has 8 nitrogen and oxygen atoms in total. The Bertz CT molecular complexity index is 599. The molecule has 0 atom stereocenters. The van der Waals surface area contributed by atoms with Crippen molar-refractivity contribution in [3.8, 4) is 11.3 Å². The lowest BCUT2D eigenvalue weighted by Gasteiger charge is -2.19. The van der Waals surface area contributed by atoms with Crippen LogP contribution in [0.3, 0.4) is 0 Å². The molecule has 8 heteroatoms. The number of aromatic nitrogens is 4. The fourth-order valence-corrected chi connectivity index (χ4v) is 1.41. The van der Waals surface area contributed by atoms with E-state index in [1.807, 2.05) is 0 Å². The van der Waals surface area contributed by atoms with Crippen molar-refractivity contribution in [3.05, 3.63) is 18.6 Å². The lowest BCUT2D eigenvalue weighted by molar-refractivity contribution is 0.0634. The smallest absolute Gasteiger partial charge is 0.414 e. The van der Waals surface area contributed by atoms with Crippen molar-refractivity contribution in [2.24, 2.45) is 0 Å². The first-order valence-electron chi connectivity index (χ1n) is 5.96. The molecule has 0 fully saturated rings. The van der Waals surface area contributed by atoms with Crippen LogP contribution in [0.2, 0.25) is 0 Å². The molecule has 2 rings (SSSR count). The molecular weight excluding hydrogens is 260 g/mol. The average Bonchev–Trinajstić information content (AvgIpc) is 2.74. The van der Waals surface area contributed by atoms with E-state index >= 15 is 0 Å². The van der Waals surface area contributed by atoms with E-state index in [9.17, 15) is 4.79 Å². The lowest BCUT2D eigenvalue weighted by Crippen LogP contribution is -2.27. The van der Waals surface area contributed by atoms with Crippen LogP contribution in [0.15, 0.2) is 18.6 Å². The van der Waals surface area contributed by atoms with Crippen molar-refractivity contribution < 1.29 is 9.53 Å². The number of H-pyrrole nitrogens is 1. The van der Waals surface area contributed by atoms with Gasteiger partial charge in [0.25, 0.3) is 0 Å². The Morgan fingerprint density at radius 3 is 2.40 bits per heavy atom.